The Hall–Kier alpha value is -3.52. The van der Waals surface area contributed by atoms with Crippen molar-refractivity contribution in [1.29, 1.82) is 0 Å². The molecule has 9 nitrogen and oxygen atoms in total. The molecule has 14 heteroatoms. The average molecular weight is 770 g/mol. The quantitative estimate of drug-likeness (QED) is 0.0913. The molecule has 2 N–H and O–H groups in total. The van der Waals surface area contributed by atoms with Gasteiger partial charge in [0.2, 0.25) is 0 Å². The van der Waals surface area contributed by atoms with E-state index in [1.807, 2.05) is 97.1 Å². The summed E-state index contributed by atoms with van der Waals surface area (Å²) in [5.41, 5.74) is -3.57. The van der Waals surface area contributed by atoms with Gasteiger partial charge in [0, 0.05) is 26.2 Å². The second-order valence-corrected chi connectivity index (χ2v) is 15.8. The fraction of sp³-hybridized carbons (Fsp3) is 0.405. The minimum absolute atomic E-state index is 0. The monoisotopic (exact) mass is 769 g/mol. The predicted octanol–water partition coefficient (Wildman–Crippen LogP) is 6.75. The Balaban J connectivity index is 0.000000895. The van der Waals surface area contributed by atoms with Crippen molar-refractivity contribution < 1.29 is 48.3 Å². The van der Waals surface area contributed by atoms with E-state index in [9.17, 15) is 18.3 Å². The van der Waals surface area contributed by atoms with Gasteiger partial charge >= 0.3 is 22.6 Å². The molecular formula is C37H46F3FeN5O4S+. The molecule has 2 aromatic carbocycles. The van der Waals surface area contributed by atoms with Crippen molar-refractivity contribution >= 4 is 21.8 Å². The summed E-state index contributed by atoms with van der Waals surface area (Å²) in [6, 6.07) is 31.5. The van der Waals surface area contributed by atoms with E-state index in [1.165, 1.54) is 0 Å². The molecule has 0 aliphatic carbocycles. The first-order valence-corrected chi connectivity index (χ1v) is 17.5. The second-order valence-electron chi connectivity index (χ2n) is 14.5. The largest absolute Gasteiger partial charge is 3.00 e. The Kier molecular flexibility index (Phi) is 15.7. The van der Waals surface area contributed by atoms with Gasteiger partial charge in [0.05, 0.1) is 11.4 Å². The molecule has 51 heavy (non-hydrogen) atoms. The SMILES string of the molecule is CC(C)(C)CNc1cccc(CN(Cc2cccc(NCC(C)(C)C)n2)CC([O-])(c2ccccc2)c2ccccc2)n1.O=S(=O)([O-])C(F)(F)F.[Fe+3]. The fourth-order valence-electron chi connectivity index (χ4n) is 4.75. The maximum Gasteiger partial charge on any atom is 3.00 e. The number of hydrogen-bond donors (Lipinski definition) is 2. The number of halogens is 3. The molecule has 1 radical (unpaired) electrons. The number of aromatic nitrogens is 2. The number of benzene rings is 2. The van der Waals surface area contributed by atoms with Gasteiger partial charge in [-0.2, -0.15) is 13.2 Å². The number of nitrogens with one attached hydrogen (secondary N) is 2. The molecule has 0 atom stereocenters. The van der Waals surface area contributed by atoms with Crippen LogP contribution in [0.3, 0.4) is 0 Å². The number of rotatable bonds is 12. The number of hydrogen-bond acceptors (Lipinski definition) is 9. The van der Waals surface area contributed by atoms with Gasteiger partial charge < -0.3 is 20.3 Å². The van der Waals surface area contributed by atoms with Gasteiger partial charge in [-0.3, -0.25) is 4.90 Å². The summed E-state index contributed by atoms with van der Waals surface area (Å²) in [6.07, 6.45) is 0. The Morgan fingerprint density at radius 2 is 1.00 bits per heavy atom. The van der Waals surface area contributed by atoms with E-state index in [1.54, 1.807) is 0 Å². The molecule has 0 fully saturated rings. The predicted molar refractivity (Wildman–Crippen MR) is 188 cm³/mol. The van der Waals surface area contributed by atoms with E-state index in [-0.39, 0.29) is 34.4 Å². The van der Waals surface area contributed by atoms with Crippen LogP contribution in [0.4, 0.5) is 24.8 Å². The molecule has 0 unspecified atom stereocenters. The zero-order chi connectivity index (χ0) is 37.2. The van der Waals surface area contributed by atoms with Gasteiger partial charge in [0.15, 0.2) is 10.1 Å². The van der Waals surface area contributed by atoms with E-state index in [4.69, 9.17) is 22.9 Å². The number of nitrogens with zero attached hydrogens (tertiary/aromatic N) is 3. The maximum atomic E-state index is 14.9. The molecule has 2 aromatic heterocycles. The van der Waals surface area contributed by atoms with Crippen LogP contribution in [0.2, 0.25) is 0 Å². The Labute approximate surface area is 310 Å². The molecule has 0 saturated carbocycles. The Morgan fingerprint density at radius 1 is 0.647 bits per heavy atom. The van der Waals surface area contributed by atoms with Crippen LogP contribution in [0.25, 0.3) is 0 Å². The molecular weight excluding hydrogens is 723 g/mol. The molecule has 0 bridgehead atoms. The smallest absolute Gasteiger partial charge is 0.842 e. The molecule has 0 aliphatic rings. The van der Waals surface area contributed by atoms with Crippen LogP contribution in [0.15, 0.2) is 97.1 Å². The molecule has 0 spiro atoms. The fourth-order valence-corrected chi connectivity index (χ4v) is 4.75. The zero-order valence-electron chi connectivity index (χ0n) is 29.6. The van der Waals surface area contributed by atoms with Crippen molar-refractivity contribution in [3.8, 4) is 0 Å². The molecule has 4 rings (SSSR count). The number of anilines is 2. The minimum Gasteiger partial charge on any atom is -0.842 e. The zero-order valence-corrected chi connectivity index (χ0v) is 31.6. The van der Waals surface area contributed by atoms with E-state index >= 15 is 0 Å². The van der Waals surface area contributed by atoms with Gasteiger partial charge in [-0.25, -0.2) is 18.4 Å². The van der Waals surface area contributed by atoms with Gasteiger partial charge in [-0.05, 0) is 47.2 Å². The van der Waals surface area contributed by atoms with Gasteiger partial charge in [0.25, 0.3) is 0 Å². The first-order chi connectivity index (χ1) is 23.1. The van der Waals surface area contributed by atoms with Crippen LogP contribution in [0, 0.1) is 10.8 Å². The van der Waals surface area contributed by atoms with Crippen molar-refractivity contribution in [3.63, 3.8) is 0 Å². The molecule has 0 amide bonds. The minimum atomic E-state index is -6.09. The van der Waals surface area contributed by atoms with Crippen LogP contribution >= 0.6 is 0 Å². The molecule has 0 saturated heterocycles. The summed E-state index contributed by atoms with van der Waals surface area (Å²) >= 11 is 0. The summed E-state index contributed by atoms with van der Waals surface area (Å²) in [4.78, 5) is 12.0. The summed E-state index contributed by atoms with van der Waals surface area (Å²) in [7, 11) is -6.09. The van der Waals surface area contributed by atoms with Crippen LogP contribution in [-0.4, -0.2) is 53.0 Å². The van der Waals surface area contributed by atoms with Crippen molar-refractivity contribution in [2.75, 3.05) is 30.3 Å². The maximum absolute atomic E-state index is 14.9. The average Bonchev–Trinajstić information content (AvgIpc) is 3.03. The first-order valence-electron chi connectivity index (χ1n) is 16.1. The third kappa shape index (κ3) is 14.9. The second kappa shape index (κ2) is 18.3. The Morgan fingerprint density at radius 3 is 1.31 bits per heavy atom. The summed E-state index contributed by atoms with van der Waals surface area (Å²) < 4.78 is 58.9. The van der Waals surface area contributed by atoms with Crippen LogP contribution < -0.4 is 15.7 Å². The van der Waals surface area contributed by atoms with Crippen LogP contribution in [0.5, 0.6) is 0 Å². The normalized spacial score (nSPS) is 12.4. The van der Waals surface area contributed by atoms with Gasteiger partial charge in [-0.1, -0.05) is 125 Å². The van der Waals surface area contributed by atoms with Crippen molar-refractivity contribution in [1.82, 2.24) is 14.9 Å². The third-order valence-electron chi connectivity index (χ3n) is 7.19. The molecule has 4 aromatic rings. The summed E-state index contributed by atoms with van der Waals surface area (Å²) in [5.74, 6) is 1.68. The number of alkyl halides is 3. The van der Waals surface area contributed by atoms with E-state index in [0.717, 1.165) is 47.2 Å². The summed E-state index contributed by atoms with van der Waals surface area (Å²) in [5, 5.41) is 21.9. The summed E-state index contributed by atoms with van der Waals surface area (Å²) in [6.45, 7) is 16.1. The topological polar surface area (TPSA) is 133 Å². The van der Waals surface area contributed by atoms with Crippen LogP contribution in [0.1, 0.15) is 64.1 Å². The first kappa shape index (κ1) is 43.6. The Bertz CT molecular complexity index is 1650. The van der Waals surface area contributed by atoms with Crippen molar-refractivity contribution in [2.24, 2.45) is 10.8 Å². The van der Waals surface area contributed by atoms with Crippen molar-refractivity contribution in [2.45, 2.75) is 65.7 Å². The molecule has 277 valence electrons. The standard InChI is InChI=1S/C36H46N5O.CHF3O3S.Fe/c1-34(2,3)25-37-32-21-13-19-30(39-32)23-41(24-31-20-14-22-33(40-31)38-26-35(4,5)6)27-36(42,28-15-9-7-10-16-28)29-17-11-8-12-18-29;2-1(3,4)8(5,6)7;/h7-22H,23-27H2,1-6H3,(H,37,39)(H,38,40);(H,5,6,7);/q-1;;+3/p-1. The van der Waals surface area contributed by atoms with E-state index < -0.39 is 21.2 Å². The molecule has 0 aliphatic heterocycles. The van der Waals surface area contributed by atoms with Gasteiger partial charge in [0.1, 0.15) is 11.6 Å². The van der Waals surface area contributed by atoms with E-state index in [2.05, 4.69) is 57.1 Å². The van der Waals surface area contributed by atoms with Gasteiger partial charge in [-0.15, -0.1) is 0 Å². The third-order valence-corrected chi connectivity index (χ3v) is 7.76. The molecule has 2 heterocycles. The number of pyridine rings is 2. The van der Waals surface area contributed by atoms with E-state index in [0.29, 0.717) is 13.1 Å². The van der Waals surface area contributed by atoms with Crippen molar-refractivity contribution in [3.05, 3.63) is 120 Å². The van der Waals surface area contributed by atoms with Crippen LogP contribution in [-0.2, 0) is 45.9 Å².